The summed E-state index contributed by atoms with van der Waals surface area (Å²) in [7, 11) is 0. The maximum absolute atomic E-state index is 5.91. The van der Waals surface area contributed by atoms with Crippen molar-refractivity contribution in [2.75, 3.05) is 0 Å². The number of hydrogen-bond donors (Lipinski definition) is 0. The van der Waals surface area contributed by atoms with Crippen molar-refractivity contribution in [3.8, 4) is 5.75 Å². The average molecular weight is 355 g/mol. The molecule has 2 rings (SSSR count). The first-order valence-electron chi connectivity index (χ1n) is 8.88. The number of ether oxygens (including phenoxy) is 2. The third-order valence-electron chi connectivity index (χ3n) is 4.33. The van der Waals surface area contributed by atoms with Crippen molar-refractivity contribution in [1.29, 1.82) is 0 Å². The van der Waals surface area contributed by atoms with Crippen LogP contribution >= 0.6 is 23.8 Å². The molecule has 4 heteroatoms. The average Bonchev–Trinajstić information content (AvgIpc) is 2.52. The van der Waals surface area contributed by atoms with E-state index < -0.39 is 0 Å². The predicted octanol–water partition coefficient (Wildman–Crippen LogP) is 6.69. The lowest BCUT2D eigenvalue weighted by Gasteiger charge is -2.20. The standard InChI is InChI=1S/C19H27ClO2S/c20-16-12-14-18(15-13-16)22-19(23)21-17-10-8-6-4-2-1-3-5-7-9-11-17/h12-15,17H,1-11H2. The van der Waals surface area contributed by atoms with Gasteiger partial charge in [0.25, 0.3) is 0 Å². The van der Waals surface area contributed by atoms with Crippen LogP contribution in [-0.2, 0) is 4.74 Å². The topological polar surface area (TPSA) is 18.5 Å². The van der Waals surface area contributed by atoms with Crippen molar-refractivity contribution in [2.45, 2.75) is 76.7 Å². The lowest BCUT2D eigenvalue weighted by Crippen LogP contribution is -2.21. The monoisotopic (exact) mass is 354 g/mol. The lowest BCUT2D eigenvalue weighted by atomic mass is 9.99. The Morgan fingerprint density at radius 2 is 1.30 bits per heavy atom. The van der Waals surface area contributed by atoms with Crippen LogP contribution in [0.1, 0.15) is 70.6 Å². The number of rotatable bonds is 2. The summed E-state index contributed by atoms with van der Waals surface area (Å²) in [5.74, 6) is 0.674. The summed E-state index contributed by atoms with van der Waals surface area (Å²) in [5.41, 5.74) is 0. The summed E-state index contributed by atoms with van der Waals surface area (Å²) in [6.07, 6.45) is 14.2. The molecule has 0 heterocycles. The summed E-state index contributed by atoms with van der Waals surface area (Å²) >= 11 is 11.1. The minimum absolute atomic E-state index is 0.189. The molecule has 0 unspecified atom stereocenters. The molecule has 23 heavy (non-hydrogen) atoms. The SMILES string of the molecule is S=C(Oc1ccc(Cl)cc1)OC1CCCCCCCCCCC1. The highest BCUT2D eigenvalue weighted by molar-refractivity contribution is 7.79. The maximum atomic E-state index is 5.91. The van der Waals surface area contributed by atoms with E-state index in [9.17, 15) is 0 Å². The molecule has 1 aliphatic rings. The van der Waals surface area contributed by atoms with Crippen LogP contribution in [0.3, 0.4) is 0 Å². The molecule has 0 amide bonds. The van der Waals surface area contributed by atoms with E-state index in [-0.39, 0.29) is 11.3 Å². The lowest BCUT2D eigenvalue weighted by molar-refractivity contribution is 0.132. The van der Waals surface area contributed by atoms with E-state index in [1.807, 2.05) is 0 Å². The molecule has 0 aromatic heterocycles. The van der Waals surface area contributed by atoms with Gasteiger partial charge in [0.1, 0.15) is 11.9 Å². The van der Waals surface area contributed by atoms with E-state index in [1.165, 1.54) is 57.8 Å². The van der Waals surface area contributed by atoms with Crippen molar-refractivity contribution in [3.05, 3.63) is 29.3 Å². The Kier molecular flexibility index (Phi) is 8.77. The van der Waals surface area contributed by atoms with Crippen LogP contribution in [0, 0.1) is 0 Å². The Morgan fingerprint density at radius 3 is 1.83 bits per heavy atom. The quantitative estimate of drug-likeness (QED) is 0.551. The summed E-state index contributed by atoms with van der Waals surface area (Å²) in [5, 5.41) is 0.910. The Morgan fingerprint density at radius 1 is 0.826 bits per heavy atom. The number of halogens is 1. The van der Waals surface area contributed by atoms with E-state index in [4.69, 9.17) is 33.3 Å². The molecule has 0 bridgehead atoms. The first-order chi connectivity index (χ1) is 11.2. The third-order valence-corrected chi connectivity index (χ3v) is 4.76. The van der Waals surface area contributed by atoms with Gasteiger partial charge in [-0.3, -0.25) is 0 Å². The van der Waals surface area contributed by atoms with Crippen molar-refractivity contribution >= 4 is 29.1 Å². The second kappa shape index (κ2) is 10.9. The minimum Gasteiger partial charge on any atom is -0.453 e. The second-order valence-electron chi connectivity index (χ2n) is 6.31. The molecule has 1 aliphatic carbocycles. The Bertz CT molecular complexity index is 449. The van der Waals surface area contributed by atoms with Crippen LogP contribution in [0.2, 0.25) is 5.02 Å². The highest BCUT2D eigenvalue weighted by atomic mass is 35.5. The van der Waals surface area contributed by atoms with Crippen molar-refractivity contribution in [3.63, 3.8) is 0 Å². The van der Waals surface area contributed by atoms with Gasteiger partial charge in [0.15, 0.2) is 0 Å². The molecule has 0 saturated heterocycles. The maximum Gasteiger partial charge on any atom is 0.358 e. The molecule has 0 N–H and O–H groups in total. The first kappa shape index (κ1) is 18.5. The van der Waals surface area contributed by atoms with E-state index in [2.05, 4.69) is 0 Å². The van der Waals surface area contributed by atoms with Gasteiger partial charge in [0.2, 0.25) is 0 Å². The van der Waals surface area contributed by atoms with Gasteiger partial charge >= 0.3 is 5.24 Å². The normalized spacial score (nSPS) is 18.5. The molecular weight excluding hydrogens is 328 g/mol. The van der Waals surface area contributed by atoms with Gasteiger partial charge in [-0.05, 0) is 49.9 Å². The van der Waals surface area contributed by atoms with E-state index in [0.717, 1.165) is 12.8 Å². The van der Waals surface area contributed by atoms with Crippen molar-refractivity contribution in [2.24, 2.45) is 0 Å². The van der Waals surface area contributed by atoms with Crippen LogP contribution in [0.4, 0.5) is 0 Å². The zero-order valence-corrected chi connectivity index (χ0v) is 15.3. The first-order valence-corrected chi connectivity index (χ1v) is 9.67. The number of hydrogen-bond acceptors (Lipinski definition) is 3. The zero-order chi connectivity index (χ0) is 16.3. The summed E-state index contributed by atoms with van der Waals surface area (Å²) in [6.45, 7) is 0. The Hall–Kier alpha value is -0.800. The molecule has 1 aromatic rings. The Labute approximate surface area is 150 Å². The van der Waals surface area contributed by atoms with Crippen LogP contribution in [0.25, 0.3) is 0 Å². The fourth-order valence-corrected chi connectivity index (χ4v) is 3.36. The summed E-state index contributed by atoms with van der Waals surface area (Å²) in [4.78, 5) is 0. The van der Waals surface area contributed by atoms with Gasteiger partial charge in [-0.1, -0.05) is 56.5 Å². The zero-order valence-electron chi connectivity index (χ0n) is 13.8. The second-order valence-corrected chi connectivity index (χ2v) is 7.07. The Balaban J connectivity index is 1.79. The molecule has 1 aromatic carbocycles. The van der Waals surface area contributed by atoms with Crippen LogP contribution in [0.5, 0.6) is 5.75 Å². The molecule has 1 fully saturated rings. The van der Waals surface area contributed by atoms with Gasteiger partial charge in [-0.25, -0.2) is 0 Å². The minimum atomic E-state index is 0.189. The van der Waals surface area contributed by atoms with Crippen LogP contribution in [-0.4, -0.2) is 11.3 Å². The van der Waals surface area contributed by atoms with Gasteiger partial charge < -0.3 is 9.47 Å². The van der Waals surface area contributed by atoms with Crippen molar-refractivity contribution < 1.29 is 9.47 Å². The van der Waals surface area contributed by atoms with Gasteiger partial charge in [0, 0.05) is 17.2 Å². The highest BCUT2D eigenvalue weighted by Crippen LogP contribution is 2.20. The third kappa shape index (κ3) is 8.03. The molecule has 0 spiro atoms. The molecule has 0 atom stereocenters. The largest absolute Gasteiger partial charge is 0.453 e. The molecular formula is C19H27ClO2S. The highest BCUT2D eigenvalue weighted by Gasteiger charge is 2.14. The van der Waals surface area contributed by atoms with Crippen LogP contribution < -0.4 is 4.74 Å². The molecule has 2 nitrogen and oxygen atoms in total. The summed E-state index contributed by atoms with van der Waals surface area (Å²) in [6, 6.07) is 7.18. The molecule has 0 aliphatic heterocycles. The van der Waals surface area contributed by atoms with Crippen molar-refractivity contribution in [1.82, 2.24) is 0 Å². The molecule has 1 saturated carbocycles. The van der Waals surface area contributed by atoms with Crippen LogP contribution in [0.15, 0.2) is 24.3 Å². The van der Waals surface area contributed by atoms with Gasteiger partial charge in [0.05, 0.1) is 0 Å². The molecule has 128 valence electrons. The smallest absolute Gasteiger partial charge is 0.358 e. The number of thiocarbonyl (C=S) groups is 1. The summed E-state index contributed by atoms with van der Waals surface area (Å²) < 4.78 is 11.5. The van der Waals surface area contributed by atoms with E-state index in [0.29, 0.717) is 10.8 Å². The van der Waals surface area contributed by atoms with E-state index in [1.54, 1.807) is 24.3 Å². The molecule has 0 radical (unpaired) electrons. The van der Waals surface area contributed by atoms with Gasteiger partial charge in [-0.2, -0.15) is 0 Å². The predicted molar refractivity (Wildman–Crippen MR) is 100 cm³/mol. The number of benzene rings is 1. The van der Waals surface area contributed by atoms with Gasteiger partial charge in [-0.15, -0.1) is 0 Å². The van der Waals surface area contributed by atoms with E-state index >= 15 is 0 Å². The fourth-order valence-electron chi connectivity index (χ4n) is 3.00. The fraction of sp³-hybridized carbons (Fsp3) is 0.632.